The van der Waals surface area contributed by atoms with E-state index in [4.69, 9.17) is 5.11 Å². The molecule has 1 aliphatic carbocycles. The first-order valence-electron chi connectivity index (χ1n) is 6.49. The van der Waals surface area contributed by atoms with Crippen molar-refractivity contribution in [1.82, 2.24) is 0 Å². The van der Waals surface area contributed by atoms with Gasteiger partial charge in [-0.2, -0.15) is 0 Å². The van der Waals surface area contributed by atoms with Crippen molar-refractivity contribution < 1.29 is 5.11 Å². The second-order valence-corrected chi connectivity index (χ2v) is 5.18. The Morgan fingerprint density at radius 1 is 1.19 bits per heavy atom. The average molecular weight is 218 g/mol. The smallest absolute Gasteiger partial charge is 0.0471 e. The lowest BCUT2D eigenvalue weighted by atomic mass is 9.79. The molecule has 0 radical (unpaired) electrons. The molecule has 16 heavy (non-hydrogen) atoms. The second-order valence-electron chi connectivity index (χ2n) is 5.18. The molecule has 0 spiro atoms. The predicted octanol–water partition coefficient (Wildman–Crippen LogP) is 3.52. The summed E-state index contributed by atoms with van der Waals surface area (Å²) in [5, 5.41) is 8.96. The molecule has 1 N–H and O–H groups in total. The highest BCUT2D eigenvalue weighted by molar-refractivity contribution is 5.27. The van der Waals surface area contributed by atoms with E-state index in [0.717, 1.165) is 18.3 Å². The first-order valence-corrected chi connectivity index (χ1v) is 6.49. The highest BCUT2D eigenvalue weighted by Crippen LogP contribution is 2.35. The lowest BCUT2D eigenvalue weighted by molar-refractivity contribution is 0.299. The number of rotatable bonds is 3. The largest absolute Gasteiger partial charge is 0.396 e. The fraction of sp³-hybridized carbons (Fsp3) is 0.600. The molecule has 1 heteroatoms. The van der Waals surface area contributed by atoms with Crippen LogP contribution in [0.5, 0.6) is 0 Å². The van der Waals surface area contributed by atoms with E-state index in [-0.39, 0.29) is 6.61 Å². The Hall–Kier alpha value is -0.820. The zero-order valence-corrected chi connectivity index (χ0v) is 10.2. The summed E-state index contributed by atoms with van der Waals surface area (Å²) in [6.45, 7) is 2.61. The van der Waals surface area contributed by atoms with Gasteiger partial charge in [0, 0.05) is 6.61 Å². The van der Waals surface area contributed by atoms with Crippen molar-refractivity contribution in [3.63, 3.8) is 0 Å². The van der Waals surface area contributed by atoms with E-state index in [1.54, 1.807) is 0 Å². The van der Waals surface area contributed by atoms with E-state index in [0.29, 0.717) is 0 Å². The van der Waals surface area contributed by atoms with Crippen molar-refractivity contribution >= 4 is 0 Å². The van der Waals surface area contributed by atoms with Crippen LogP contribution in [-0.2, 0) is 6.42 Å². The van der Waals surface area contributed by atoms with Crippen LogP contribution in [0.2, 0.25) is 0 Å². The van der Waals surface area contributed by atoms with E-state index in [1.807, 2.05) is 0 Å². The maximum atomic E-state index is 8.96. The first kappa shape index (κ1) is 11.7. The highest BCUT2D eigenvalue weighted by Gasteiger charge is 2.19. The molecule has 1 nitrogen and oxygen atoms in total. The molecular formula is C15H22O. The molecule has 1 aromatic rings. The minimum Gasteiger partial charge on any atom is -0.396 e. The van der Waals surface area contributed by atoms with E-state index < -0.39 is 0 Å². The van der Waals surface area contributed by atoms with Crippen molar-refractivity contribution in [1.29, 1.82) is 0 Å². The minimum atomic E-state index is 0.255. The Morgan fingerprint density at radius 3 is 2.62 bits per heavy atom. The van der Waals surface area contributed by atoms with E-state index in [2.05, 4.69) is 31.2 Å². The molecule has 0 aromatic heterocycles. The summed E-state index contributed by atoms with van der Waals surface area (Å²) in [4.78, 5) is 0. The van der Waals surface area contributed by atoms with Crippen molar-refractivity contribution in [2.24, 2.45) is 5.92 Å². The van der Waals surface area contributed by atoms with Gasteiger partial charge in [-0.25, -0.2) is 0 Å². The Balaban J connectivity index is 2.05. The zero-order chi connectivity index (χ0) is 11.4. The van der Waals surface area contributed by atoms with Gasteiger partial charge in [0.2, 0.25) is 0 Å². The van der Waals surface area contributed by atoms with Gasteiger partial charge >= 0.3 is 0 Å². The Morgan fingerprint density at radius 2 is 1.94 bits per heavy atom. The van der Waals surface area contributed by atoms with Crippen molar-refractivity contribution in [2.75, 3.05) is 6.61 Å². The average Bonchev–Trinajstić information content (AvgIpc) is 2.31. The van der Waals surface area contributed by atoms with Crippen LogP contribution in [0.3, 0.4) is 0 Å². The second kappa shape index (κ2) is 5.49. The molecule has 1 aromatic carbocycles. The maximum absolute atomic E-state index is 8.96. The summed E-state index contributed by atoms with van der Waals surface area (Å²) in [7, 11) is 0. The molecular weight excluding hydrogens is 196 g/mol. The fourth-order valence-electron chi connectivity index (χ4n) is 2.73. The molecule has 0 unspecified atom stereocenters. The SMILES string of the molecule is CC1CCC(c2cccc(CCO)c2)CC1. The van der Waals surface area contributed by atoms with Crippen LogP contribution in [0.25, 0.3) is 0 Å². The van der Waals surface area contributed by atoms with Gasteiger partial charge in [0.25, 0.3) is 0 Å². The van der Waals surface area contributed by atoms with Gasteiger partial charge in [0.1, 0.15) is 0 Å². The lowest BCUT2D eigenvalue weighted by Gasteiger charge is -2.26. The fourth-order valence-corrected chi connectivity index (χ4v) is 2.73. The molecule has 0 aliphatic heterocycles. The van der Waals surface area contributed by atoms with Crippen molar-refractivity contribution in [3.05, 3.63) is 35.4 Å². The van der Waals surface area contributed by atoms with Gasteiger partial charge in [0.05, 0.1) is 0 Å². The minimum absolute atomic E-state index is 0.255. The van der Waals surface area contributed by atoms with Gasteiger partial charge in [-0.15, -0.1) is 0 Å². The van der Waals surface area contributed by atoms with Crippen molar-refractivity contribution in [3.8, 4) is 0 Å². The molecule has 0 bridgehead atoms. The molecule has 2 rings (SSSR count). The van der Waals surface area contributed by atoms with E-state index in [1.165, 1.54) is 36.8 Å². The van der Waals surface area contributed by atoms with Gasteiger partial charge in [-0.05, 0) is 42.2 Å². The van der Waals surface area contributed by atoms with Gasteiger partial charge < -0.3 is 5.11 Å². The van der Waals surface area contributed by atoms with Crippen LogP contribution in [0, 0.1) is 5.92 Å². The third kappa shape index (κ3) is 2.85. The van der Waals surface area contributed by atoms with Crippen molar-refractivity contribution in [2.45, 2.75) is 44.9 Å². The number of aliphatic hydroxyl groups is 1. The Kier molecular flexibility index (Phi) is 4.00. The Labute approximate surface area is 98.5 Å². The van der Waals surface area contributed by atoms with Crippen LogP contribution in [0.1, 0.15) is 49.7 Å². The summed E-state index contributed by atoms with van der Waals surface area (Å²) < 4.78 is 0. The highest BCUT2D eigenvalue weighted by atomic mass is 16.2. The summed E-state index contributed by atoms with van der Waals surface area (Å²) in [6.07, 6.45) is 6.20. The maximum Gasteiger partial charge on any atom is 0.0471 e. The summed E-state index contributed by atoms with van der Waals surface area (Å²) in [5.74, 6) is 1.67. The van der Waals surface area contributed by atoms with Gasteiger partial charge in [-0.3, -0.25) is 0 Å². The first-order chi connectivity index (χ1) is 7.79. The third-order valence-electron chi connectivity index (χ3n) is 3.84. The number of benzene rings is 1. The molecule has 0 amide bonds. The predicted molar refractivity (Wildman–Crippen MR) is 67.6 cm³/mol. The topological polar surface area (TPSA) is 20.2 Å². The Bertz CT molecular complexity index is 324. The van der Waals surface area contributed by atoms with Gasteiger partial charge in [0.15, 0.2) is 0 Å². The van der Waals surface area contributed by atoms with Crippen LogP contribution < -0.4 is 0 Å². The molecule has 1 fully saturated rings. The zero-order valence-electron chi connectivity index (χ0n) is 10.2. The summed E-state index contributed by atoms with van der Waals surface area (Å²) in [5.41, 5.74) is 2.76. The summed E-state index contributed by atoms with van der Waals surface area (Å²) >= 11 is 0. The number of aliphatic hydroxyl groups excluding tert-OH is 1. The van der Waals surface area contributed by atoms with Crippen LogP contribution in [0.4, 0.5) is 0 Å². The lowest BCUT2D eigenvalue weighted by Crippen LogP contribution is -2.11. The molecule has 0 heterocycles. The van der Waals surface area contributed by atoms with Gasteiger partial charge in [-0.1, -0.05) is 44.0 Å². The molecule has 0 saturated heterocycles. The number of hydrogen-bond acceptors (Lipinski definition) is 1. The van der Waals surface area contributed by atoms with E-state index in [9.17, 15) is 0 Å². The standard InChI is InChI=1S/C15H22O/c1-12-5-7-14(8-6-12)15-4-2-3-13(11-15)9-10-16/h2-4,11-12,14,16H,5-10H2,1H3. The number of hydrogen-bond donors (Lipinski definition) is 1. The van der Waals surface area contributed by atoms with Crippen LogP contribution in [0.15, 0.2) is 24.3 Å². The monoisotopic (exact) mass is 218 g/mol. The molecule has 1 saturated carbocycles. The van der Waals surface area contributed by atoms with E-state index >= 15 is 0 Å². The third-order valence-corrected chi connectivity index (χ3v) is 3.84. The normalized spacial score (nSPS) is 25.6. The summed E-state index contributed by atoms with van der Waals surface area (Å²) in [6, 6.07) is 8.79. The van der Waals surface area contributed by atoms with Crippen LogP contribution in [-0.4, -0.2) is 11.7 Å². The quantitative estimate of drug-likeness (QED) is 0.823. The molecule has 1 aliphatic rings. The molecule has 0 atom stereocenters. The van der Waals surface area contributed by atoms with Crippen LogP contribution >= 0.6 is 0 Å². The molecule has 88 valence electrons.